The van der Waals surface area contributed by atoms with Crippen LogP contribution >= 0.6 is 0 Å². The first kappa shape index (κ1) is 23.0. The average Bonchev–Trinajstić information content (AvgIpc) is 3.73. The largest absolute Gasteiger partial charge is 0.507 e. The van der Waals surface area contributed by atoms with E-state index in [0.717, 1.165) is 38.5 Å². The number of anilines is 1. The molecule has 2 aromatic heterocycles. The fourth-order valence-electron chi connectivity index (χ4n) is 5.57. The maximum Gasteiger partial charge on any atom is 0.250 e. The summed E-state index contributed by atoms with van der Waals surface area (Å²) < 4.78 is 34.4. The minimum Gasteiger partial charge on any atom is -0.507 e. The van der Waals surface area contributed by atoms with E-state index in [1.165, 1.54) is 25.4 Å². The van der Waals surface area contributed by atoms with Gasteiger partial charge in [0.1, 0.15) is 11.9 Å². The molecule has 3 aliphatic rings. The summed E-state index contributed by atoms with van der Waals surface area (Å²) in [5, 5.41) is 22.8. The molecule has 0 amide bonds. The van der Waals surface area contributed by atoms with Gasteiger partial charge in [0.2, 0.25) is 5.88 Å². The number of hydrogen-bond acceptors (Lipinski definition) is 8. The lowest BCUT2D eigenvalue weighted by Gasteiger charge is -2.47. The van der Waals surface area contributed by atoms with E-state index in [0.29, 0.717) is 28.6 Å². The van der Waals surface area contributed by atoms with E-state index in [4.69, 9.17) is 4.74 Å². The maximum atomic E-state index is 15.4. The number of aromatic hydroxyl groups is 1. The number of halogens is 2. The van der Waals surface area contributed by atoms with Gasteiger partial charge in [0.05, 0.1) is 24.9 Å². The number of hydrogen-bond donors (Lipinski definition) is 2. The molecule has 4 atom stereocenters. The summed E-state index contributed by atoms with van der Waals surface area (Å²) in [7, 11) is 1.35. The van der Waals surface area contributed by atoms with E-state index in [-0.39, 0.29) is 35.6 Å². The molecule has 0 spiro atoms. The molecule has 1 aromatic carbocycles. The number of aromatic nitrogens is 4. The Morgan fingerprint density at radius 3 is 2.61 bits per heavy atom. The lowest BCUT2D eigenvalue weighted by Crippen LogP contribution is -2.62. The second-order valence-corrected chi connectivity index (χ2v) is 9.87. The zero-order valence-electron chi connectivity index (χ0n) is 19.9. The van der Waals surface area contributed by atoms with Crippen LogP contribution in [0.3, 0.4) is 0 Å². The van der Waals surface area contributed by atoms with E-state index >= 15 is 4.39 Å². The second kappa shape index (κ2) is 9.24. The molecule has 1 aliphatic carbocycles. The van der Waals surface area contributed by atoms with Gasteiger partial charge in [0.15, 0.2) is 17.5 Å². The summed E-state index contributed by atoms with van der Waals surface area (Å²) in [6.45, 7) is 0. The maximum absolute atomic E-state index is 15.4. The van der Waals surface area contributed by atoms with Crippen molar-refractivity contribution in [3.05, 3.63) is 42.5 Å². The van der Waals surface area contributed by atoms with Crippen molar-refractivity contribution in [1.29, 1.82) is 0 Å². The predicted octanol–water partition coefficient (Wildman–Crippen LogP) is 4.04. The number of methoxy groups -OCH3 is 1. The van der Waals surface area contributed by atoms with Crippen molar-refractivity contribution in [2.24, 2.45) is 0 Å². The van der Waals surface area contributed by atoms with Gasteiger partial charge in [-0.1, -0.05) is 12.5 Å². The van der Waals surface area contributed by atoms with Crippen LogP contribution in [0.4, 0.5) is 14.6 Å². The molecule has 0 radical (unpaired) electrons. The van der Waals surface area contributed by atoms with Crippen molar-refractivity contribution in [2.75, 3.05) is 12.0 Å². The molecule has 3 fully saturated rings. The van der Waals surface area contributed by atoms with E-state index in [9.17, 15) is 9.50 Å². The van der Waals surface area contributed by atoms with Crippen LogP contribution < -0.4 is 15.0 Å². The van der Waals surface area contributed by atoms with Gasteiger partial charge in [-0.05, 0) is 55.9 Å². The number of rotatable bonds is 6. The van der Waals surface area contributed by atoms with Crippen LogP contribution in [0.15, 0.2) is 36.7 Å². The SMILES string of the molecule is COc1ncc(-c2ccc(-c3ncc(N(C4CC4)[C@@H]4C[C@@H]5CCC[C@H](N5)[C@@H]4F)nn3)c(O)c2)cc1F. The molecule has 3 aromatic rings. The number of ether oxygens (including phenoxy) is 1. The summed E-state index contributed by atoms with van der Waals surface area (Å²) in [5.74, 6) is 0.0923. The molecule has 10 heteroatoms. The van der Waals surface area contributed by atoms with E-state index in [1.807, 2.05) is 0 Å². The number of alkyl halides is 1. The van der Waals surface area contributed by atoms with Gasteiger partial charge < -0.3 is 20.1 Å². The number of benzene rings is 1. The van der Waals surface area contributed by atoms with Gasteiger partial charge in [0, 0.05) is 29.9 Å². The van der Waals surface area contributed by atoms with Gasteiger partial charge in [-0.15, -0.1) is 10.2 Å². The first-order chi connectivity index (χ1) is 17.5. The molecule has 2 saturated heterocycles. The van der Waals surface area contributed by atoms with E-state index in [1.54, 1.807) is 18.3 Å². The first-order valence-corrected chi connectivity index (χ1v) is 12.4. The first-order valence-electron chi connectivity index (χ1n) is 12.4. The molecule has 2 bridgehead atoms. The molecule has 2 N–H and O–H groups in total. The van der Waals surface area contributed by atoms with Crippen LogP contribution in [0.1, 0.15) is 38.5 Å². The fourth-order valence-corrected chi connectivity index (χ4v) is 5.57. The molecular formula is C26H28F2N6O2. The Hall–Kier alpha value is -3.40. The predicted molar refractivity (Wildman–Crippen MR) is 130 cm³/mol. The van der Waals surface area contributed by atoms with Crippen molar-refractivity contribution in [2.45, 2.75) is 68.9 Å². The van der Waals surface area contributed by atoms with Gasteiger partial charge in [-0.3, -0.25) is 0 Å². The monoisotopic (exact) mass is 494 g/mol. The quantitative estimate of drug-likeness (QED) is 0.530. The Bertz CT molecular complexity index is 1260. The van der Waals surface area contributed by atoms with Crippen LogP contribution in [-0.2, 0) is 0 Å². The molecular weight excluding hydrogens is 466 g/mol. The average molecular weight is 495 g/mol. The fraction of sp³-hybridized carbons (Fsp3) is 0.462. The number of phenolic OH excluding ortho intramolecular Hbond substituents is 1. The summed E-state index contributed by atoms with van der Waals surface area (Å²) in [5.41, 5.74) is 1.48. The van der Waals surface area contributed by atoms with Gasteiger partial charge in [-0.25, -0.2) is 18.7 Å². The Kier molecular flexibility index (Phi) is 5.91. The molecule has 2 aliphatic heterocycles. The van der Waals surface area contributed by atoms with Crippen molar-refractivity contribution < 1.29 is 18.6 Å². The van der Waals surface area contributed by atoms with Gasteiger partial charge in [-0.2, -0.15) is 0 Å². The highest BCUT2D eigenvalue weighted by atomic mass is 19.1. The summed E-state index contributed by atoms with van der Waals surface area (Å²) >= 11 is 0. The van der Waals surface area contributed by atoms with Crippen LogP contribution in [0, 0.1) is 5.82 Å². The van der Waals surface area contributed by atoms with Crippen LogP contribution in [0.25, 0.3) is 22.5 Å². The van der Waals surface area contributed by atoms with Crippen molar-refractivity contribution in [3.8, 4) is 34.1 Å². The number of phenols is 1. The Balaban J connectivity index is 1.25. The molecule has 4 heterocycles. The highest BCUT2D eigenvalue weighted by molar-refractivity contribution is 5.72. The summed E-state index contributed by atoms with van der Waals surface area (Å²) in [6, 6.07) is 6.46. The third kappa shape index (κ3) is 4.23. The lowest BCUT2D eigenvalue weighted by atomic mass is 9.82. The number of nitrogens with one attached hydrogen (secondary N) is 1. The van der Waals surface area contributed by atoms with Crippen molar-refractivity contribution >= 4 is 5.82 Å². The molecule has 1 saturated carbocycles. The lowest BCUT2D eigenvalue weighted by molar-refractivity contribution is 0.104. The van der Waals surface area contributed by atoms with E-state index < -0.39 is 12.0 Å². The number of piperidine rings is 2. The summed E-state index contributed by atoms with van der Waals surface area (Å²) in [4.78, 5) is 10.5. The number of fused-ring (bicyclic) bond motifs is 2. The summed E-state index contributed by atoms with van der Waals surface area (Å²) in [6.07, 6.45) is 7.93. The van der Waals surface area contributed by atoms with Gasteiger partial charge in [0.25, 0.3) is 0 Å². The zero-order valence-corrected chi connectivity index (χ0v) is 19.9. The molecule has 0 unspecified atom stereocenters. The minimum atomic E-state index is -0.961. The third-order valence-electron chi connectivity index (χ3n) is 7.48. The molecule has 6 rings (SSSR count). The Morgan fingerprint density at radius 1 is 1.06 bits per heavy atom. The van der Waals surface area contributed by atoms with Crippen molar-refractivity contribution in [1.82, 2.24) is 25.5 Å². The van der Waals surface area contributed by atoms with Crippen LogP contribution in [-0.4, -0.2) is 62.7 Å². The minimum absolute atomic E-state index is 0.0627. The molecule has 188 valence electrons. The molecule has 36 heavy (non-hydrogen) atoms. The number of pyridine rings is 1. The smallest absolute Gasteiger partial charge is 0.250 e. The number of nitrogens with zero attached hydrogens (tertiary/aromatic N) is 5. The van der Waals surface area contributed by atoms with Crippen LogP contribution in [0.5, 0.6) is 11.6 Å². The zero-order chi connectivity index (χ0) is 24.8. The second-order valence-electron chi connectivity index (χ2n) is 9.87. The normalized spacial score (nSPS) is 25.4. The van der Waals surface area contributed by atoms with E-state index in [2.05, 4.69) is 30.4 Å². The highest BCUT2D eigenvalue weighted by Gasteiger charge is 2.46. The van der Waals surface area contributed by atoms with Crippen LogP contribution in [0.2, 0.25) is 0 Å². The Morgan fingerprint density at radius 2 is 1.92 bits per heavy atom. The third-order valence-corrected chi connectivity index (χ3v) is 7.48. The molecule has 8 nitrogen and oxygen atoms in total. The topological polar surface area (TPSA) is 96.3 Å². The van der Waals surface area contributed by atoms with Gasteiger partial charge >= 0.3 is 0 Å². The standard InChI is InChI=1S/C26H28F2N6O2/c1-36-26-19(27)9-15(12-30-26)14-5-8-18(22(35)10-14)25-29-13-23(32-33-25)34(17-6-7-17)21-11-16-3-2-4-20(31-16)24(21)28/h5,8-10,12-13,16-17,20-21,24,31,35H,2-4,6-7,11H2,1H3/t16-,20-,21+,24-/m0/s1. The van der Waals surface area contributed by atoms with Crippen molar-refractivity contribution in [3.63, 3.8) is 0 Å². The highest BCUT2D eigenvalue weighted by Crippen LogP contribution is 2.39. The Labute approximate surface area is 207 Å².